The zero-order chi connectivity index (χ0) is 21.1. The molecule has 9 heteroatoms. The second-order valence-electron chi connectivity index (χ2n) is 7.09. The number of rotatable bonds is 5. The number of aromatic nitrogens is 2. The molecule has 0 radical (unpaired) electrons. The van der Waals surface area contributed by atoms with Crippen molar-refractivity contribution in [3.63, 3.8) is 0 Å². The molecule has 0 saturated carbocycles. The van der Waals surface area contributed by atoms with Gasteiger partial charge in [-0.25, -0.2) is 14.4 Å². The van der Waals surface area contributed by atoms with Crippen LogP contribution in [0.2, 0.25) is 0 Å². The monoisotopic (exact) mass is 408 g/mol. The van der Waals surface area contributed by atoms with Crippen LogP contribution < -0.4 is 15.1 Å². The van der Waals surface area contributed by atoms with Crippen molar-refractivity contribution in [1.29, 1.82) is 0 Å². The third-order valence-electron chi connectivity index (χ3n) is 5.07. The van der Waals surface area contributed by atoms with E-state index in [1.165, 1.54) is 18.5 Å². The summed E-state index contributed by atoms with van der Waals surface area (Å²) in [5.74, 6) is 0.181. The molecule has 0 atom stereocenters. The van der Waals surface area contributed by atoms with Crippen molar-refractivity contribution in [1.82, 2.24) is 9.97 Å². The lowest BCUT2D eigenvalue weighted by Gasteiger charge is -2.36. The third kappa shape index (κ3) is 4.14. The predicted molar refractivity (Wildman–Crippen MR) is 114 cm³/mol. The van der Waals surface area contributed by atoms with Crippen LogP contribution in [0, 0.1) is 22.9 Å². The van der Waals surface area contributed by atoms with Gasteiger partial charge in [0.25, 0.3) is 0 Å². The van der Waals surface area contributed by atoms with Gasteiger partial charge in [-0.05, 0) is 43.3 Å². The molecule has 1 aliphatic rings. The zero-order valence-corrected chi connectivity index (χ0v) is 16.5. The van der Waals surface area contributed by atoms with Crippen LogP contribution in [0.15, 0.2) is 54.9 Å². The Labute approximate surface area is 173 Å². The molecule has 8 nitrogen and oxygen atoms in total. The number of halogens is 1. The number of nitro groups is 1. The van der Waals surface area contributed by atoms with Gasteiger partial charge in [-0.15, -0.1) is 0 Å². The van der Waals surface area contributed by atoms with Gasteiger partial charge in [-0.2, -0.15) is 0 Å². The quantitative estimate of drug-likeness (QED) is 0.506. The summed E-state index contributed by atoms with van der Waals surface area (Å²) in [5.41, 5.74) is 2.59. The fraction of sp³-hybridized carbons (Fsp3) is 0.238. The summed E-state index contributed by atoms with van der Waals surface area (Å²) in [6.07, 6.45) is 1.34. The van der Waals surface area contributed by atoms with E-state index in [4.69, 9.17) is 0 Å². The zero-order valence-electron chi connectivity index (χ0n) is 16.5. The molecule has 1 N–H and O–H groups in total. The first-order valence-electron chi connectivity index (χ1n) is 9.60. The normalized spacial score (nSPS) is 13.9. The van der Waals surface area contributed by atoms with Gasteiger partial charge >= 0.3 is 5.69 Å². The van der Waals surface area contributed by atoms with Crippen LogP contribution in [0.4, 0.5) is 33.1 Å². The van der Waals surface area contributed by atoms with E-state index in [1.54, 1.807) is 12.1 Å². The molecule has 4 rings (SSSR count). The number of nitrogens with zero attached hydrogens (tertiary/aromatic N) is 5. The maximum Gasteiger partial charge on any atom is 0.353 e. The smallest absolute Gasteiger partial charge is 0.353 e. The van der Waals surface area contributed by atoms with E-state index in [1.807, 2.05) is 36.1 Å². The molecule has 3 aromatic rings. The van der Waals surface area contributed by atoms with E-state index < -0.39 is 4.92 Å². The summed E-state index contributed by atoms with van der Waals surface area (Å²) >= 11 is 0. The first-order chi connectivity index (χ1) is 14.5. The fourth-order valence-electron chi connectivity index (χ4n) is 3.46. The summed E-state index contributed by atoms with van der Waals surface area (Å²) in [7, 11) is 0. The van der Waals surface area contributed by atoms with E-state index in [9.17, 15) is 14.5 Å². The van der Waals surface area contributed by atoms with E-state index in [0.29, 0.717) is 32.0 Å². The molecular weight excluding hydrogens is 387 g/mol. The molecule has 0 amide bonds. The third-order valence-corrected chi connectivity index (χ3v) is 5.07. The minimum absolute atomic E-state index is 0.145. The molecule has 1 aromatic heterocycles. The highest BCUT2D eigenvalue weighted by Crippen LogP contribution is 2.34. The molecule has 154 valence electrons. The van der Waals surface area contributed by atoms with Crippen molar-refractivity contribution in [3.8, 4) is 0 Å². The number of hydrogen-bond acceptors (Lipinski definition) is 7. The molecular formula is C21H21FN6O2. The average Bonchev–Trinajstić information content (AvgIpc) is 2.76. The van der Waals surface area contributed by atoms with Gasteiger partial charge < -0.3 is 15.1 Å². The molecule has 2 aromatic carbocycles. The maximum absolute atomic E-state index is 13.2. The molecule has 0 spiro atoms. The van der Waals surface area contributed by atoms with Crippen LogP contribution in [0.3, 0.4) is 0 Å². The Morgan fingerprint density at radius 2 is 1.60 bits per heavy atom. The summed E-state index contributed by atoms with van der Waals surface area (Å²) in [6.45, 7) is 4.38. The predicted octanol–water partition coefficient (Wildman–Crippen LogP) is 3.90. The SMILES string of the molecule is Cc1ccc(Nc2ncnc(N3CCN(c4ccc(F)cc4)CC3)c2[N+](=O)[O-])cc1. The van der Waals surface area contributed by atoms with Crippen molar-refractivity contribution in [2.45, 2.75) is 6.92 Å². The van der Waals surface area contributed by atoms with E-state index >= 15 is 0 Å². The fourth-order valence-corrected chi connectivity index (χ4v) is 3.46. The molecule has 0 aliphatic carbocycles. The molecule has 1 aliphatic heterocycles. The first-order valence-corrected chi connectivity index (χ1v) is 9.60. The molecule has 1 fully saturated rings. The first kappa shape index (κ1) is 19.6. The van der Waals surface area contributed by atoms with Crippen molar-refractivity contribution in [2.24, 2.45) is 0 Å². The van der Waals surface area contributed by atoms with Gasteiger partial charge in [-0.3, -0.25) is 10.1 Å². The van der Waals surface area contributed by atoms with Gasteiger partial charge in [0.05, 0.1) is 4.92 Å². The second kappa shape index (κ2) is 8.32. The van der Waals surface area contributed by atoms with Crippen LogP contribution in [0.25, 0.3) is 0 Å². The highest BCUT2D eigenvalue weighted by atomic mass is 19.1. The van der Waals surface area contributed by atoms with Gasteiger partial charge in [-0.1, -0.05) is 17.7 Å². The van der Waals surface area contributed by atoms with Gasteiger partial charge in [0, 0.05) is 37.6 Å². The summed E-state index contributed by atoms with van der Waals surface area (Å²) < 4.78 is 13.2. The Kier molecular flexibility index (Phi) is 5.42. The summed E-state index contributed by atoms with van der Waals surface area (Å²) in [6, 6.07) is 13.9. The van der Waals surface area contributed by atoms with E-state index in [0.717, 1.165) is 16.9 Å². The lowest BCUT2D eigenvalue weighted by molar-refractivity contribution is -0.383. The number of nitrogens with one attached hydrogen (secondary N) is 1. The number of benzene rings is 2. The second-order valence-corrected chi connectivity index (χ2v) is 7.09. The standard InChI is InChI=1S/C21H21FN6O2/c1-15-2-6-17(7-3-15)25-20-19(28(29)30)21(24-14-23-20)27-12-10-26(11-13-27)18-8-4-16(22)5-9-18/h2-9,14H,10-13H2,1H3,(H,23,24,25). The van der Waals surface area contributed by atoms with Gasteiger partial charge in [0.1, 0.15) is 12.1 Å². The van der Waals surface area contributed by atoms with Crippen molar-refractivity contribution < 1.29 is 9.31 Å². The van der Waals surface area contributed by atoms with Gasteiger partial charge in [0.2, 0.25) is 11.6 Å². The van der Waals surface area contributed by atoms with Crippen molar-refractivity contribution in [2.75, 3.05) is 41.3 Å². The highest BCUT2D eigenvalue weighted by molar-refractivity contribution is 5.74. The van der Waals surface area contributed by atoms with Crippen molar-refractivity contribution in [3.05, 3.63) is 76.4 Å². The summed E-state index contributed by atoms with van der Waals surface area (Å²) in [4.78, 5) is 23.7. The van der Waals surface area contributed by atoms with Gasteiger partial charge in [0.15, 0.2) is 0 Å². The number of aryl methyl sites for hydroxylation is 1. The Balaban J connectivity index is 1.54. The van der Waals surface area contributed by atoms with Crippen molar-refractivity contribution >= 4 is 28.7 Å². The van der Waals surface area contributed by atoms with Crippen LogP contribution in [-0.2, 0) is 0 Å². The Morgan fingerprint density at radius 1 is 0.967 bits per heavy atom. The van der Waals surface area contributed by atoms with E-state index in [-0.39, 0.29) is 17.3 Å². The molecule has 1 saturated heterocycles. The largest absolute Gasteiger partial charge is 0.368 e. The number of anilines is 4. The molecule has 30 heavy (non-hydrogen) atoms. The Hall–Kier alpha value is -3.75. The lowest BCUT2D eigenvalue weighted by atomic mass is 10.2. The van der Waals surface area contributed by atoms with Crippen LogP contribution in [-0.4, -0.2) is 41.1 Å². The number of hydrogen-bond donors (Lipinski definition) is 1. The van der Waals surface area contributed by atoms with Crippen LogP contribution in [0.5, 0.6) is 0 Å². The average molecular weight is 408 g/mol. The molecule has 2 heterocycles. The highest BCUT2D eigenvalue weighted by Gasteiger charge is 2.29. The maximum atomic E-state index is 13.2. The minimum Gasteiger partial charge on any atom is -0.368 e. The van der Waals surface area contributed by atoms with Crippen LogP contribution in [0.1, 0.15) is 5.56 Å². The Bertz CT molecular complexity index is 1030. The molecule has 0 unspecified atom stereocenters. The summed E-state index contributed by atoms with van der Waals surface area (Å²) in [5, 5.41) is 14.9. The molecule has 0 bridgehead atoms. The van der Waals surface area contributed by atoms with Crippen LogP contribution >= 0.6 is 0 Å². The van der Waals surface area contributed by atoms with E-state index in [2.05, 4.69) is 20.2 Å². The Morgan fingerprint density at radius 3 is 2.23 bits per heavy atom. The topological polar surface area (TPSA) is 87.4 Å². The number of piperazine rings is 1. The minimum atomic E-state index is -0.446. The lowest BCUT2D eigenvalue weighted by Crippen LogP contribution is -2.47.